The number of aliphatic hydroxyl groups is 1. The van der Waals surface area contributed by atoms with Gasteiger partial charge in [0.25, 0.3) is 0 Å². The molecule has 4 fully saturated rings. The largest absolute Gasteiger partial charge is 0.462 e. The fourth-order valence-electron chi connectivity index (χ4n) is 11.2. The van der Waals surface area contributed by atoms with E-state index in [1.54, 1.807) is 14.0 Å². The number of esters is 2. The fraction of sp³-hybridized carbons (Fsp3) is 0.895. The Balaban J connectivity index is 1.57. The maximum absolute atomic E-state index is 14.0. The third-order valence-electron chi connectivity index (χ3n) is 17.5. The van der Waals surface area contributed by atoms with E-state index in [0.29, 0.717) is 19.3 Å². The number of cyclic esters (lactones) is 1. The zero-order chi connectivity index (χ0) is 57.0. The van der Waals surface area contributed by atoms with E-state index >= 15 is 0 Å². The molecule has 0 saturated carbocycles. The lowest BCUT2D eigenvalue weighted by molar-refractivity contribution is -0.343. The van der Waals surface area contributed by atoms with Crippen LogP contribution in [0.15, 0.2) is 24.3 Å². The first-order valence-electron chi connectivity index (χ1n) is 28.3. The molecular formula is C57H104N2O15Si2. The Kier molecular flexibility index (Phi) is 22.7. The molecule has 0 aromatic carbocycles. The molecule has 0 aromatic heterocycles. The third kappa shape index (κ3) is 16.7. The second-order valence-electron chi connectivity index (χ2n) is 26.5. The summed E-state index contributed by atoms with van der Waals surface area (Å²) in [7, 11) is 4.77. The minimum absolute atomic E-state index is 0.0280. The lowest BCUT2D eigenvalue weighted by Crippen LogP contribution is -2.67. The van der Waals surface area contributed by atoms with E-state index in [1.165, 1.54) is 6.92 Å². The van der Waals surface area contributed by atoms with Crippen LogP contribution in [0.4, 0.5) is 0 Å². The molecule has 5 heterocycles. The van der Waals surface area contributed by atoms with Crippen LogP contribution in [0.5, 0.6) is 0 Å². The van der Waals surface area contributed by atoms with Crippen LogP contribution in [-0.4, -0.2) is 189 Å². The van der Waals surface area contributed by atoms with Gasteiger partial charge >= 0.3 is 11.9 Å². The summed E-state index contributed by atoms with van der Waals surface area (Å²) in [6.07, 6.45) is 1.11. The van der Waals surface area contributed by atoms with Crippen molar-refractivity contribution in [1.29, 1.82) is 0 Å². The van der Waals surface area contributed by atoms with Gasteiger partial charge in [-0.1, -0.05) is 72.8 Å². The van der Waals surface area contributed by atoms with E-state index in [9.17, 15) is 14.7 Å². The van der Waals surface area contributed by atoms with Crippen molar-refractivity contribution in [2.45, 2.75) is 281 Å². The Morgan fingerprint density at radius 2 is 1.37 bits per heavy atom. The maximum Gasteiger partial charge on any atom is 0.308 e. The SMILES string of the molecule is CO[C@@H]1[C@@H](O[C@@H]2O[C@H](C)[C@@H](O[C@H]3C[C@@](C)(O)[C@@H](O[Si](C)(C)C(C)(C)C)[C@H](C)O3)[C@H](N(C)C)[C@H]2OC(C)=O)[C@H]2C[C@@H](O[Si](C)(C)C(C)(C)C)O[C@@H]1CC(=O)O[C@H](C)C/C=C/C=C/C(O[C@H]1CC[C@H](N(C)C)[C@@H](C)O1)[C@H](C)C2. The molecule has 1 unspecified atom stereocenters. The number of ether oxygens (including phenoxy) is 10. The normalized spacial score (nSPS) is 40.9. The summed E-state index contributed by atoms with van der Waals surface area (Å²) < 4.78 is 81.2. The Labute approximate surface area is 460 Å². The molecule has 2 bridgehead atoms. The number of hydrogen-bond acceptors (Lipinski definition) is 17. The van der Waals surface area contributed by atoms with Crippen molar-refractivity contribution in [2.75, 3.05) is 35.3 Å². The molecule has 5 aliphatic rings. The van der Waals surface area contributed by atoms with Crippen LogP contribution in [0.3, 0.4) is 0 Å². The van der Waals surface area contributed by atoms with Crippen LogP contribution < -0.4 is 0 Å². The second kappa shape index (κ2) is 26.5. The molecule has 0 amide bonds. The number of nitrogens with zero attached hydrogens (tertiary/aromatic N) is 2. The van der Waals surface area contributed by atoms with Crippen LogP contribution in [-0.2, 0) is 65.8 Å². The number of carbonyl (C=O) groups excluding carboxylic acids is 2. The van der Waals surface area contributed by atoms with Crippen molar-refractivity contribution in [3.63, 3.8) is 0 Å². The first kappa shape index (κ1) is 65.1. The van der Waals surface area contributed by atoms with E-state index < -0.39 is 120 Å². The van der Waals surface area contributed by atoms with Crippen LogP contribution in [0, 0.1) is 11.8 Å². The highest BCUT2D eigenvalue weighted by molar-refractivity contribution is 6.74. The minimum atomic E-state index is -2.50. The second-order valence-corrected chi connectivity index (χ2v) is 36.0. The van der Waals surface area contributed by atoms with Crippen LogP contribution in [0.25, 0.3) is 0 Å². The molecule has 17 nitrogen and oxygen atoms in total. The Morgan fingerprint density at radius 3 is 1.93 bits per heavy atom. The maximum atomic E-state index is 14.0. The standard InChI is InChI=1S/C57H104N2O15Si2/c1-34-30-40-31-46(73-75(19,20)55(7,8)9)70-43(32-44(61)64-35(2)26-24-23-25-27-42(34)69-45-29-28-41(58(14)15)36(3)65-45)51(63-18)50(40)72-54-52(68-39(6)60)48(59(16)17)49(37(4)67-54)71-47-33-57(13,62)53(38(5)66-47)74-76(21,22)56(10,11)12/h23-25,27,34-38,40-43,45-54,62H,26,28-33H2,1-22H3/b24-23+,27-25+/t34-,35-,36-,37-,38+,40-,41+,42?,43-,45+,46-,47+,48+,49-,50+,51+,52-,53+,54+,57-/m1/s1. The summed E-state index contributed by atoms with van der Waals surface area (Å²) in [6, 6.07) is -0.351. The average molecular weight is 1110 g/mol. The number of fused-ring (bicyclic) bond motifs is 3. The molecule has 440 valence electrons. The summed E-state index contributed by atoms with van der Waals surface area (Å²) >= 11 is 0. The van der Waals surface area contributed by atoms with Crippen molar-refractivity contribution in [3.8, 4) is 0 Å². The first-order valence-corrected chi connectivity index (χ1v) is 34.1. The first-order chi connectivity index (χ1) is 35.0. The number of likely N-dealkylation sites (N-methyl/N-ethyl adjacent to an activating group) is 2. The molecule has 0 spiro atoms. The Hall–Kier alpha value is -1.67. The predicted octanol–water partition coefficient (Wildman–Crippen LogP) is 9.11. The van der Waals surface area contributed by atoms with Gasteiger partial charge in [-0.3, -0.25) is 9.59 Å². The summed E-state index contributed by atoms with van der Waals surface area (Å²) in [5.74, 6) is -1.45. The quantitative estimate of drug-likeness (QED) is 0.129. The number of methoxy groups -OCH3 is 1. The summed E-state index contributed by atoms with van der Waals surface area (Å²) in [5.41, 5.74) is -1.29. The van der Waals surface area contributed by atoms with Gasteiger partial charge in [-0.05, 0) is 130 Å². The number of allylic oxidation sites excluding steroid dienone is 2. The topological polar surface area (TPSA) is 172 Å². The monoisotopic (exact) mass is 1110 g/mol. The van der Waals surface area contributed by atoms with Crippen molar-refractivity contribution in [3.05, 3.63) is 24.3 Å². The van der Waals surface area contributed by atoms with E-state index in [2.05, 4.69) is 107 Å². The predicted molar refractivity (Wildman–Crippen MR) is 297 cm³/mol. The van der Waals surface area contributed by atoms with Gasteiger partial charge in [0.05, 0.1) is 60.8 Å². The van der Waals surface area contributed by atoms with Gasteiger partial charge in [0.1, 0.15) is 24.6 Å². The zero-order valence-electron chi connectivity index (χ0n) is 50.8. The van der Waals surface area contributed by atoms with Gasteiger partial charge in [-0.25, -0.2) is 0 Å². The van der Waals surface area contributed by atoms with Crippen molar-refractivity contribution < 1.29 is 70.9 Å². The van der Waals surface area contributed by atoms with Crippen molar-refractivity contribution >= 4 is 28.6 Å². The van der Waals surface area contributed by atoms with Gasteiger partial charge in [-0.15, -0.1) is 0 Å². The van der Waals surface area contributed by atoms with Crippen LogP contribution in [0.2, 0.25) is 36.3 Å². The fourth-order valence-corrected chi connectivity index (χ4v) is 13.8. The minimum Gasteiger partial charge on any atom is -0.462 e. The van der Waals surface area contributed by atoms with Gasteiger partial charge in [0.15, 0.2) is 41.6 Å². The van der Waals surface area contributed by atoms with E-state index in [-0.39, 0.29) is 53.0 Å². The van der Waals surface area contributed by atoms with Gasteiger partial charge in [0, 0.05) is 39.3 Å². The zero-order valence-corrected chi connectivity index (χ0v) is 52.8. The number of rotatable bonds is 14. The molecule has 5 aliphatic heterocycles. The number of carbonyl (C=O) groups is 2. The Bertz CT molecular complexity index is 1920. The highest BCUT2D eigenvalue weighted by Crippen LogP contribution is 2.45. The molecule has 76 heavy (non-hydrogen) atoms. The summed E-state index contributed by atoms with van der Waals surface area (Å²) in [6.45, 7) is 34.9. The molecule has 5 rings (SSSR count). The smallest absolute Gasteiger partial charge is 0.308 e. The molecule has 0 aliphatic carbocycles. The lowest BCUT2D eigenvalue weighted by Gasteiger charge is -2.52. The molecule has 4 saturated heterocycles. The average Bonchev–Trinajstić information content (AvgIpc) is 3.38. The van der Waals surface area contributed by atoms with Crippen molar-refractivity contribution in [1.82, 2.24) is 9.80 Å². The van der Waals surface area contributed by atoms with Gasteiger partial charge in [-0.2, -0.15) is 0 Å². The number of hydrogen-bond donors (Lipinski definition) is 1. The summed E-state index contributed by atoms with van der Waals surface area (Å²) in [5, 5.41) is 11.8. The Morgan fingerprint density at radius 1 is 0.737 bits per heavy atom. The molecular weight excluding hydrogens is 1010 g/mol. The van der Waals surface area contributed by atoms with Crippen LogP contribution >= 0.6 is 0 Å². The molecule has 20 atom stereocenters. The molecule has 0 aromatic rings. The van der Waals surface area contributed by atoms with E-state index in [1.807, 2.05) is 58.0 Å². The van der Waals surface area contributed by atoms with Crippen molar-refractivity contribution in [2.24, 2.45) is 11.8 Å². The van der Waals surface area contributed by atoms with Gasteiger partial charge < -0.3 is 71.1 Å². The van der Waals surface area contributed by atoms with Crippen LogP contribution in [0.1, 0.15) is 135 Å². The molecule has 19 heteroatoms. The summed E-state index contributed by atoms with van der Waals surface area (Å²) in [4.78, 5) is 31.5. The highest BCUT2D eigenvalue weighted by atomic mass is 28.4. The highest BCUT2D eigenvalue weighted by Gasteiger charge is 2.56. The molecule has 0 radical (unpaired) electrons. The van der Waals surface area contributed by atoms with E-state index in [4.69, 9.17) is 56.2 Å². The lowest BCUT2D eigenvalue weighted by atomic mass is 9.82. The molecule has 1 N–H and O–H groups in total. The van der Waals surface area contributed by atoms with Gasteiger partial charge in [0.2, 0.25) is 0 Å². The third-order valence-corrected chi connectivity index (χ3v) is 26.4. The van der Waals surface area contributed by atoms with E-state index in [0.717, 1.165) is 12.8 Å².